The van der Waals surface area contributed by atoms with E-state index < -0.39 is 11.5 Å². The number of carbonyl (C=O) groups is 2. The van der Waals surface area contributed by atoms with E-state index >= 15 is 0 Å². The summed E-state index contributed by atoms with van der Waals surface area (Å²) in [6.07, 6.45) is 0.888. The Morgan fingerprint density at radius 3 is 2.47 bits per heavy atom. The first-order chi connectivity index (χ1) is 7.97. The van der Waals surface area contributed by atoms with Crippen LogP contribution in [0.3, 0.4) is 0 Å². The fourth-order valence-electron chi connectivity index (χ4n) is 1.81. The largest absolute Gasteiger partial charge is 0.481 e. The van der Waals surface area contributed by atoms with Gasteiger partial charge in [0.2, 0.25) is 5.91 Å². The molecule has 0 aromatic carbocycles. The number of amides is 1. The fourth-order valence-corrected chi connectivity index (χ4v) is 1.81. The second-order valence-corrected chi connectivity index (χ2v) is 4.44. The van der Waals surface area contributed by atoms with E-state index in [2.05, 4.69) is 16.3 Å². The van der Waals surface area contributed by atoms with Gasteiger partial charge in [-0.2, -0.15) is 5.26 Å². The first-order valence-corrected chi connectivity index (χ1v) is 5.60. The number of nitrogens with one attached hydrogen (secondary N) is 1. The first-order valence-electron chi connectivity index (χ1n) is 5.60. The highest BCUT2D eigenvalue weighted by Crippen LogP contribution is 2.20. The Morgan fingerprint density at radius 1 is 1.41 bits per heavy atom. The Labute approximate surface area is 100 Å². The number of aliphatic carboxylic acids is 1. The number of carboxylic acids is 1. The lowest BCUT2D eigenvalue weighted by Gasteiger charge is -2.35. The molecule has 94 valence electrons. The molecular weight excluding hydrogens is 222 g/mol. The normalized spacial score (nSPS) is 19.3. The van der Waals surface area contributed by atoms with E-state index in [1.165, 1.54) is 0 Å². The van der Waals surface area contributed by atoms with Gasteiger partial charge in [-0.15, -0.1) is 0 Å². The van der Waals surface area contributed by atoms with Gasteiger partial charge < -0.3 is 15.3 Å². The van der Waals surface area contributed by atoms with Crippen molar-refractivity contribution in [3.63, 3.8) is 0 Å². The number of rotatable bonds is 4. The molecule has 1 rings (SSSR count). The fraction of sp³-hybridized carbons (Fsp3) is 0.727. The third-order valence-corrected chi connectivity index (χ3v) is 3.00. The highest BCUT2D eigenvalue weighted by Gasteiger charge is 2.35. The molecule has 1 amide bonds. The Morgan fingerprint density at radius 2 is 2.00 bits per heavy atom. The van der Waals surface area contributed by atoms with Gasteiger partial charge in [-0.3, -0.25) is 9.59 Å². The molecule has 0 unspecified atom stereocenters. The average molecular weight is 239 g/mol. The Bertz CT molecular complexity index is 340. The zero-order valence-electron chi connectivity index (χ0n) is 9.90. The molecule has 0 aromatic rings. The summed E-state index contributed by atoms with van der Waals surface area (Å²) < 4.78 is 0. The van der Waals surface area contributed by atoms with E-state index in [9.17, 15) is 9.59 Å². The maximum atomic E-state index is 11.5. The number of likely N-dealkylation sites (tertiary alicyclic amines) is 1. The van der Waals surface area contributed by atoms with Crippen molar-refractivity contribution >= 4 is 11.9 Å². The topological polar surface area (TPSA) is 93.4 Å². The van der Waals surface area contributed by atoms with Crippen LogP contribution < -0.4 is 5.32 Å². The van der Waals surface area contributed by atoms with Crippen LogP contribution in [0.1, 0.15) is 25.7 Å². The smallest absolute Gasteiger partial charge is 0.303 e. The minimum Gasteiger partial charge on any atom is -0.481 e. The lowest BCUT2D eigenvalue weighted by atomic mass is 9.89. The van der Waals surface area contributed by atoms with Crippen LogP contribution in [-0.4, -0.2) is 47.6 Å². The van der Waals surface area contributed by atoms with Gasteiger partial charge in [0.05, 0.1) is 12.5 Å². The highest BCUT2D eigenvalue weighted by atomic mass is 16.4. The molecule has 1 saturated heterocycles. The van der Waals surface area contributed by atoms with Gasteiger partial charge in [-0.25, -0.2) is 0 Å². The summed E-state index contributed by atoms with van der Waals surface area (Å²) in [5, 5.41) is 20.3. The number of nitrogens with zero attached hydrogens (tertiary/aromatic N) is 2. The van der Waals surface area contributed by atoms with Crippen molar-refractivity contribution in [3.05, 3.63) is 0 Å². The number of piperidine rings is 1. The number of hydrogen-bond acceptors (Lipinski definition) is 4. The molecule has 17 heavy (non-hydrogen) atoms. The molecule has 0 radical (unpaired) electrons. The van der Waals surface area contributed by atoms with Gasteiger partial charge in [0, 0.05) is 19.5 Å². The lowest BCUT2D eigenvalue weighted by molar-refractivity contribution is -0.139. The monoisotopic (exact) mass is 239 g/mol. The molecule has 6 nitrogen and oxygen atoms in total. The summed E-state index contributed by atoms with van der Waals surface area (Å²) in [5.41, 5.74) is -0.817. The quantitative estimate of drug-likeness (QED) is 0.717. The Hall–Kier alpha value is -1.61. The molecule has 0 spiro atoms. The van der Waals surface area contributed by atoms with Crippen molar-refractivity contribution in [3.8, 4) is 6.07 Å². The van der Waals surface area contributed by atoms with Gasteiger partial charge >= 0.3 is 5.97 Å². The third kappa shape index (κ3) is 4.04. The van der Waals surface area contributed by atoms with Crippen LogP contribution in [0.25, 0.3) is 0 Å². The van der Waals surface area contributed by atoms with Crippen LogP contribution in [0.2, 0.25) is 0 Å². The second-order valence-electron chi connectivity index (χ2n) is 4.44. The van der Waals surface area contributed by atoms with Gasteiger partial charge in [0.1, 0.15) is 5.54 Å². The first kappa shape index (κ1) is 13.5. The van der Waals surface area contributed by atoms with Gasteiger partial charge in [0.15, 0.2) is 0 Å². The van der Waals surface area contributed by atoms with E-state index in [-0.39, 0.29) is 18.7 Å². The summed E-state index contributed by atoms with van der Waals surface area (Å²) in [6, 6.07) is 2.15. The molecule has 1 heterocycles. The van der Waals surface area contributed by atoms with Gasteiger partial charge in [-0.1, -0.05) is 0 Å². The van der Waals surface area contributed by atoms with E-state index in [1.807, 2.05) is 7.05 Å². The van der Waals surface area contributed by atoms with Crippen LogP contribution in [0.15, 0.2) is 0 Å². The zero-order valence-corrected chi connectivity index (χ0v) is 9.90. The van der Waals surface area contributed by atoms with Crippen molar-refractivity contribution < 1.29 is 14.7 Å². The minimum absolute atomic E-state index is 0.0748. The molecule has 1 aliphatic heterocycles. The Balaban J connectivity index is 2.49. The van der Waals surface area contributed by atoms with Crippen molar-refractivity contribution in [1.82, 2.24) is 10.2 Å². The average Bonchev–Trinajstić information content (AvgIpc) is 2.30. The van der Waals surface area contributed by atoms with E-state index in [1.54, 1.807) is 0 Å². The summed E-state index contributed by atoms with van der Waals surface area (Å²) in [5.74, 6) is -1.37. The lowest BCUT2D eigenvalue weighted by Crippen LogP contribution is -2.53. The Kier molecular flexibility index (Phi) is 4.46. The summed E-state index contributed by atoms with van der Waals surface area (Å²) in [7, 11) is 1.97. The van der Waals surface area contributed by atoms with Crippen LogP contribution in [-0.2, 0) is 9.59 Å². The maximum Gasteiger partial charge on any atom is 0.303 e. The van der Waals surface area contributed by atoms with Crippen molar-refractivity contribution in [2.75, 3.05) is 20.1 Å². The molecular formula is C11H17N3O3. The molecule has 2 N–H and O–H groups in total. The zero-order chi connectivity index (χ0) is 12.9. The van der Waals surface area contributed by atoms with Crippen molar-refractivity contribution in [1.29, 1.82) is 5.26 Å². The van der Waals surface area contributed by atoms with Crippen LogP contribution in [0.4, 0.5) is 0 Å². The molecule has 0 bridgehead atoms. The number of hydrogen-bond donors (Lipinski definition) is 2. The number of carbonyl (C=O) groups excluding carboxylic acids is 1. The summed E-state index contributed by atoms with van der Waals surface area (Å²) >= 11 is 0. The molecule has 0 aromatic heterocycles. The molecule has 1 fully saturated rings. The second kappa shape index (κ2) is 5.64. The molecule has 6 heteroatoms. The van der Waals surface area contributed by atoms with Gasteiger partial charge in [-0.05, 0) is 19.9 Å². The maximum absolute atomic E-state index is 11.5. The predicted molar refractivity (Wildman–Crippen MR) is 60.1 cm³/mol. The van der Waals surface area contributed by atoms with Crippen molar-refractivity contribution in [2.45, 2.75) is 31.2 Å². The standard InChI is InChI=1S/C11H17N3O3/c1-14-6-4-11(8-12,5-7-14)13-9(15)2-3-10(16)17/h2-7H2,1H3,(H,13,15)(H,16,17). The highest BCUT2D eigenvalue weighted by molar-refractivity contribution is 5.81. The summed E-state index contributed by atoms with van der Waals surface area (Å²) in [6.45, 7) is 1.51. The van der Waals surface area contributed by atoms with Crippen LogP contribution in [0, 0.1) is 11.3 Å². The molecule has 1 aliphatic rings. The van der Waals surface area contributed by atoms with E-state index in [0.717, 1.165) is 13.1 Å². The van der Waals surface area contributed by atoms with Crippen LogP contribution in [0.5, 0.6) is 0 Å². The SMILES string of the molecule is CN1CCC(C#N)(NC(=O)CCC(=O)O)CC1. The van der Waals surface area contributed by atoms with Crippen molar-refractivity contribution in [2.24, 2.45) is 0 Å². The molecule has 0 saturated carbocycles. The van der Waals surface area contributed by atoms with E-state index in [0.29, 0.717) is 12.8 Å². The minimum atomic E-state index is -1.01. The van der Waals surface area contributed by atoms with Crippen LogP contribution >= 0.6 is 0 Å². The summed E-state index contributed by atoms with van der Waals surface area (Å²) in [4.78, 5) is 24.0. The third-order valence-electron chi connectivity index (χ3n) is 3.00. The number of nitriles is 1. The molecule has 0 atom stereocenters. The number of carboxylic acid groups (broad SMARTS) is 1. The predicted octanol–water partition coefficient (Wildman–Crippen LogP) is -0.0446. The van der Waals surface area contributed by atoms with E-state index in [4.69, 9.17) is 10.4 Å². The molecule has 0 aliphatic carbocycles. The van der Waals surface area contributed by atoms with Gasteiger partial charge in [0.25, 0.3) is 0 Å².